The van der Waals surface area contributed by atoms with Gasteiger partial charge in [-0.25, -0.2) is 0 Å². The minimum Gasteiger partial charge on any atom is -0.507 e. The summed E-state index contributed by atoms with van der Waals surface area (Å²) in [6.45, 7) is 8.84. The van der Waals surface area contributed by atoms with Gasteiger partial charge in [0.2, 0.25) is 0 Å². The Kier molecular flexibility index (Phi) is 31.8. The number of rotatable bonds is 24. The number of phenols is 3. The molecule has 7 rings (SSSR count). The molecule has 3 fully saturated rings. The summed E-state index contributed by atoms with van der Waals surface area (Å²) in [6.07, 6.45) is 55.0. The molecule has 3 aliphatic carbocycles. The van der Waals surface area contributed by atoms with E-state index in [2.05, 4.69) is 56.3 Å². The summed E-state index contributed by atoms with van der Waals surface area (Å²) in [5.74, 6) is 21.2. The van der Waals surface area contributed by atoms with Crippen LogP contribution in [0.1, 0.15) is 327 Å². The molecule has 3 aromatic carbocycles. The number of hydrogen-bond acceptors (Lipinski definition) is 9. The van der Waals surface area contributed by atoms with E-state index in [-0.39, 0.29) is 53.5 Å². The minimum atomic E-state index is -0.120. The molecule has 0 saturated heterocycles. The third-order valence-corrected chi connectivity index (χ3v) is 18.6. The number of unbranched alkanes of at least 4 members (excludes halogenated alkanes) is 24. The van der Waals surface area contributed by atoms with Crippen molar-refractivity contribution in [3.05, 3.63) is 86.0 Å². The number of aromatic hydroxyl groups is 3. The maximum absolute atomic E-state index is 12.3. The lowest BCUT2D eigenvalue weighted by Gasteiger charge is -2.26. The van der Waals surface area contributed by atoms with Crippen LogP contribution >= 0.6 is 0 Å². The van der Waals surface area contributed by atoms with Crippen LogP contribution in [0.15, 0.2) is 60.3 Å². The number of aliphatic imine (C=N–C) groups is 6. The van der Waals surface area contributed by atoms with Gasteiger partial charge in [-0.2, -0.15) is 0 Å². The molecule has 6 atom stereocenters. The Bertz CT molecular complexity index is 2980. The molecule has 6 bridgehead atoms. The molecule has 1 aliphatic heterocycles. The van der Waals surface area contributed by atoms with E-state index in [9.17, 15) is 15.3 Å². The van der Waals surface area contributed by atoms with Crippen LogP contribution in [0.3, 0.4) is 0 Å². The van der Waals surface area contributed by atoms with Crippen molar-refractivity contribution < 1.29 is 15.3 Å². The summed E-state index contributed by atoms with van der Waals surface area (Å²) >= 11 is 0. The van der Waals surface area contributed by atoms with E-state index in [0.717, 1.165) is 138 Å². The topological polar surface area (TPSA) is 135 Å². The second-order valence-electron chi connectivity index (χ2n) is 25.9. The van der Waals surface area contributed by atoms with E-state index in [0.29, 0.717) is 33.4 Å². The fraction of sp³-hybridized carbons (Fsp3) is 0.620. The highest BCUT2D eigenvalue weighted by Crippen LogP contribution is 2.33. The fourth-order valence-electron chi connectivity index (χ4n) is 13.0. The van der Waals surface area contributed by atoms with Crippen LogP contribution in [-0.4, -0.2) is 88.9 Å². The number of benzene rings is 3. The smallest absolute Gasteiger partial charge is 0.133 e. The van der Waals surface area contributed by atoms with Crippen molar-refractivity contribution in [2.24, 2.45) is 30.0 Å². The zero-order valence-corrected chi connectivity index (χ0v) is 54.9. The van der Waals surface area contributed by atoms with Gasteiger partial charge >= 0.3 is 0 Å². The summed E-state index contributed by atoms with van der Waals surface area (Å²) in [4.78, 5) is 31.4. The Labute approximate surface area is 533 Å². The van der Waals surface area contributed by atoms with Crippen molar-refractivity contribution >= 4 is 37.3 Å². The first-order chi connectivity index (χ1) is 43.3. The fourth-order valence-corrected chi connectivity index (χ4v) is 13.0. The first-order valence-corrected chi connectivity index (χ1v) is 35.5. The highest BCUT2D eigenvalue weighted by molar-refractivity contribution is 5.96. The van der Waals surface area contributed by atoms with Crippen LogP contribution in [-0.2, 0) is 0 Å². The first kappa shape index (κ1) is 69.2. The molecule has 0 radical (unpaired) electrons. The van der Waals surface area contributed by atoms with Crippen molar-refractivity contribution in [1.29, 1.82) is 0 Å². The molecule has 9 heteroatoms. The van der Waals surface area contributed by atoms with E-state index in [1.165, 1.54) is 135 Å². The Morgan fingerprint density at radius 3 is 0.898 bits per heavy atom. The Balaban J connectivity index is 1.26. The molecule has 1 heterocycles. The van der Waals surface area contributed by atoms with Gasteiger partial charge in [-0.1, -0.05) is 230 Å². The van der Waals surface area contributed by atoms with Crippen LogP contribution in [0, 0.1) is 42.4 Å². The largest absolute Gasteiger partial charge is 0.507 e. The predicted octanol–water partition coefficient (Wildman–Crippen LogP) is 19.6. The van der Waals surface area contributed by atoms with Crippen LogP contribution in [0.5, 0.6) is 17.2 Å². The van der Waals surface area contributed by atoms with Crippen LogP contribution in [0.4, 0.5) is 0 Å². The lowest BCUT2D eigenvalue weighted by Crippen LogP contribution is -2.27. The first-order valence-electron chi connectivity index (χ1n) is 35.5. The van der Waals surface area contributed by atoms with E-state index >= 15 is 0 Å². The zero-order valence-electron chi connectivity index (χ0n) is 54.9. The quantitative estimate of drug-likeness (QED) is 0.0609. The predicted molar refractivity (Wildman–Crippen MR) is 375 cm³/mol. The second kappa shape index (κ2) is 40.4. The SMILES string of the molecule is CCCCCCCCCCC#Cc1cc2c(O)c(c1)/C=N/C1CCCCC1/N=C/c1cc(C#CCCCCCCCCCC)c(C)c(c1O)/C=N/C1CCCCC1/N=C/c1cc(C#CCCCCCCCCCC)cc(c1O)/C=N/C1CCCCC1/N=C/2. The van der Waals surface area contributed by atoms with Gasteiger partial charge in [0.15, 0.2) is 0 Å². The molecule has 4 aliphatic rings. The molecule has 88 heavy (non-hydrogen) atoms. The summed E-state index contributed by atoms with van der Waals surface area (Å²) in [5.41, 5.74) is 7.10. The van der Waals surface area contributed by atoms with Crippen molar-refractivity contribution in [3.63, 3.8) is 0 Å². The van der Waals surface area contributed by atoms with Gasteiger partial charge in [-0.3, -0.25) is 30.0 Å². The molecular formula is C79H110N6O3. The van der Waals surface area contributed by atoms with Gasteiger partial charge in [0.25, 0.3) is 0 Å². The average Bonchev–Trinajstić information content (AvgIpc) is 1.80. The average molecular weight is 1190 g/mol. The molecule has 0 spiro atoms. The van der Waals surface area contributed by atoms with E-state index in [4.69, 9.17) is 30.0 Å². The van der Waals surface area contributed by atoms with Crippen molar-refractivity contribution in [1.82, 2.24) is 0 Å². The summed E-state index contributed by atoms with van der Waals surface area (Å²) < 4.78 is 0. The molecule has 9 nitrogen and oxygen atoms in total. The lowest BCUT2D eigenvalue weighted by molar-refractivity contribution is 0.389. The second-order valence-corrected chi connectivity index (χ2v) is 25.9. The Morgan fingerprint density at radius 1 is 0.330 bits per heavy atom. The molecule has 3 saturated carbocycles. The van der Waals surface area contributed by atoms with Gasteiger partial charge in [-0.05, 0) is 101 Å². The van der Waals surface area contributed by atoms with Crippen molar-refractivity contribution in [3.8, 4) is 52.8 Å². The summed E-state index contributed by atoms with van der Waals surface area (Å²) in [7, 11) is 0. The number of phenolic OH excluding ortho intramolecular Hbond substituents is 3. The van der Waals surface area contributed by atoms with Gasteiger partial charge in [0.05, 0.1) is 36.3 Å². The molecule has 3 N–H and O–H groups in total. The van der Waals surface area contributed by atoms with E-state index < -0.39 is 0 Å². The highest BCUT2D eigenvalue weighted by atomic mass is 16.3. The maximum Gasteiger partial charge on any atom is 0.133 e. The zero-order chi connectivity index (χ0) is 61.8. The van der Waals surface area contributed by atoms with E-state index in [1.807, 2.05) is 74.5 Å². The number of hydrogen-bond donors (Lipinski definition) is 3. The third kappa shape index (κ3) is 23.6. The van der Waals surface area contributed by atoms with Crippen LogP contribution in [0.25, 0.3) is 0 Å². The lowest BCUT2D eigenvalue weighted by atomic mass is 9.90. The van der Waals surface area contributed by atoms with Gasteiger partial charge in [0.1, 0.15) is 17.2 Å². The normalized spacial score (nSPS) is 22.3. The Hall–Kier alpha value is -6.24. The van der Waals surface area contributed by atoms with Crippen molar-refractivity contribution in [2.45, 2.75) is 314 Å². The molecule has 6 unspecified atom stereocenters. The summed E-state index contributed by atoms with van der Waals surface area (Å²) in [5, 5.41) is 36.5. The van der Waals surface area contributed by atoms with E-state index in [1.54, 1.807) is 0 Å². The number of nitrogens with zero attached hydrogens (tertiary/aromatic N) is 6. The monoisotopic (exact) mass is 1190 g/mol. The standard InChI is InChI=1S/C79H110N6O3/c1-5-8-11-14-17-20-23-26-29-32-41-62-50-65-55-80-71-44-35-36-45-72(71)81-56-66-52-63(42-33-30-27-24-21-18-15-12-9-6-2)53-68(78(66)87)58-83-75-48-39-40-49-76(75)85-60-70-61(4)64(43-34-31-28-25-22-19-16-13-10-7-3)54-69(79(70)88)59-84-74-47-38-37-46-73(74)82-57-67(51-62)77(65)86/h50-60,71-76,86-88H,5-31,35-40,44-49H2,1-4H3/b80-55+,81-56+,82-57+,83-58+,84-59+,85-60+. The molecule has 474 valence electrons. The maximum atomic E-state index is 12.3. The highest BCUT2D eigenvalue weighted by Gasteiger charge is 2.27. The number of fused-ring (bicyclic) bond motifs is 9. The Morgan fingerprint density at radius 2 is 0.591 bits per heavy atom. The minimum absolute atomic E-state index is 0.116. The van der Waals surface area contributed by atoms with Crippen LogP contribution in [0.2, 0.25) is 0 Å². The molecule has 0 amide bonds. The third-order valence-electron chi connectivity index (χ3n) is 18.6. The van der Waals surface area contributed by atoms with Gasteiger partial charge < -0.3 is 15.3 Å². The van der Waals surface area contributed by atoms with Crippen molar-refractivity contribution in [2.75, 3.05) is 0 Å². The molecule has 0 aromatic heterocycles. The van der Waals surface area contributed by atoms with Gasteiger partial charge in [-0.15, -0.1) is 0 Å². The molecule has 3 aromatic rings. The summed E-state index contributed by atoms with van der Waals surface area (Å²) in [6, 6.07) is 9.13. The molecular weight excluding hydrogens is 1080 g/mol. The van der Waals surface area contributed by atoms with Crippen LogP contribution < -0.4 is 0 Å². The van der Waals surface area contributed by atoms with Gasteiger partial charge in [0, 0.05) is 107 Å².